The van der Waals surface area contributed by atoms with Crippen LogP contribution in [-0.2, 0) is 11.3 Å². The van der Waals surface area contributed by atoms with Crippen LogP contribution in [0.5, 0.6) is 0 Å². The first kappa shape index (κ1) is 22.0. The summed E-state index contributed by atoms with van der Waals surface area (Å²) in [7, 11) is 0. The Hall–Kier alpha value is -3.78. The fraction of sp³-hybridized carbons (Fsp3) is 0.231. The highest BCUT2D eigenvalue weighted by Gasteiger charge is 2.30. The zero-order valence-electron chi connectivity index (χ0n) is 18.6. The molecule has 0 radical (unpaired) electrons. The second kappa shape index (κ2) is 10.0. The van der Waals surface area contributed by atoms with Crippen LogP contribution in [0.4, 0.5) is 0 Å². The number of amides is 2. The number of carbonyl (C=O) groups is 2. The highest BCUT2D eigenvalue weighted by molar-refractivity contribution is 7.09. The molecule has 2 amide bonds. The summed E-state index contributed by atoms with van der Waals surface area (Å²) in [6, 6.07) is 23.9. The molecule has 2 aromatic heterocycles. The number of aromatic nitrogens is 3. The van der Waals surface area contributed by atoms with E-state index in [1.165, 1.54) is 4.88 Å². The summed E-state index contributed by atoms with van der Waals surface area (Å²) in [6.45, 7) is 1.71. The number of carbonyl (C=O) groups excluding carboxylic acids is 2. The zero-order valence-corrected chi connectivity index (χ0v) is 19.4. The lowest BCUT2D eigenvalue weighted by atomic mass is 9.99. The van der Waals surface area contributed by atoms with E-state index in [1.807, 2.05) is 83.1 Å². The molecule has 0 spiro atoms. The molecule has 8 heteroatoms. The molecule has 0 aliphatic carbocycles. The van der Waals surface area contributed by atoms with Gasteiger partial charge in [-0.15, -0.1) is 16.4 Å². The maximum Gasteiger partial charge on any atom is 0.273 e. The van der Waals surface area contributed by atoms with Crippen LogP contribution in [0.3, 0.4) is 0 Å². The molecular weight excluding hydrogens is 446 g/mol. The summed E-state index contributed by atoms with van der Waals surface area (Å²) >= 11 is 1.65. The standard InChI is InChI=1S/C26H25N5O2S/c32-24-14-19(16-30(24)17-22-12-7-13-34-22)15-27-26(33)23-18-31(29-28-23)25(20-8-3-1-4-9-20)21-10-5-2-6-11-21/h1-13,18-19,25H,14-17H2,(H,27,33). The summed E-state index contributed by atoms with van der Waals surface area (Å²) in [5.74, 6) is -0.0599. The van der Waals surface area contributed by atoms with Crippen LogP contribution in [0.1, 0.15) is 39.0 Å². The van der Waals surface area contributed by atoms with Crippen LogP contribution in [0.2, 0.25) is 0 Å². The molecule has 1 fully saturated rings. The van der Waals surface area contributed by atoms with Gasteiger partial charge in [0.25, 0.3) is 5.91 Å². The molecule has 4 aromatic rings. The van der Waals surface area contributed by atoms with Gasteiger partial charge in [-0.05, 0) is 22.6 Å². The highest BCUT2D eigenvalue weighted by Crippen LogP contribution is 2.26. The third kappa shape index (κ3) is 4.92. The summed E-state index contributed by atoms with van der Waals surface area (Å²) in [5.41, 5.74) is 2.37. The molecule has 34 heavy (non-hydrogen) atoms. The molecule has 0 saturated carbocycles. The summed E-state index contributed by atoms with van der Waals surface area (Å²) < 4.78 is 1.72. The number of likely N-dealkylation sites (tertiary alicyclic amines) is 1. The number of benzene rings is 2. The van der Waals surface area contributed by atoms with E-state index in [9.17, 15) is 9.59 Å². The largest absolute Gasteiger partial charge is 0.350 e. The van der Waals surface area contributed by atoms with E-state index >= 15 is 0 Å². The third-order valence-electron chi connectivity index (χ3n) is 6.01. The molecule has 0 bridgehead atoms. The van der Waals surface area contributed by atoms with Crippen LogP contribution >= 0.6 is 11.3 Å². The second-order valence-electron chi connectivity index (χ2n) is 8.44. The molecule has 172 valence electrons. The minimum absolute atomic E-state index is 0.0906. The van der Waals surface area contributed by atoms with Crippen molar-refractivity contribution in [3.8, 4) is 0 Å². The van der Waals surface area contributed by atoms with Gasteiger partial charge in [-0.3, -0.25) is 9.59 Å². The van der Waals surface area contributed by atoms with Gasteiger partial charge in [-0.2, -0.15) is 0 Å². The Morgan fingerprint density at radius 2 is 1.74 bits per heavy atom. The fourth-order valence-corrected chi connectivity index (χ4v) is 5.06. The van der Waals surface area contributed by atoms with Gasteiger partial charge in [0, 0.05) is 30.3 Å². The Labute approximate surface area is 202 Å². The molecule has 1 aliphatic heterocycles. The molecule has 2 aromatic carbocycles. The van der Waals surface area contributed by atoms with Gasteiger partial charge in [-0.25, -0.2) is 4.68 Å². The van der Waals surface area contributed by atoms with E-state index in [4.69, 9.17) is 0 Å². The van der Waals surface area contributed by atoms with Gasteiger partial charge in [0.15, 0.2) is 5.69 Å². The third-order valence-corrected chi connectivity index (χ3v) is 6.87. The molecular formula is C26H25N5O2S. The van der Waals surface area contributed by atoms with Gasteiger partial charge >= 0.3 is 0 Å². The molecule has 1 unspecified atom stereocenters. The van der Waals surface area contributed by atoms with Crippen LogP contribution in [0.25, 0.3) is 0 Å². The number of hydrogen-bond donors (Lipinski definition) is 1. The maximum atomic E-state index is 12.8. The predicted octanol–water partition coefficient (Wildman–Crippen LogP) is 3.76. The number of nitrogens with zero attached hydrogens (tertiary/aromatic N) is 4. The molecule has 7 nitrogen and oxygen atoms in total. The van der Waals surface area contributed by atoms with Crippen molar-refractivity contribution in [3.05, 3.63) is 106 Å². The lowest BCUT2D eigenvalue weighted by molar-refractivity contribution is -0.128. The van der Waals surface area contributed by atoms with Gasteiger partial charge < -0.3 is 10.2 Å². The number of thiophene rings is 1. The summed E-state index contributed by atoms with van der Waals surface area (Å²) in [5, 5.41) is 13.4. The number of hydrogen-bond acceptors (Lipinski definition) is 5. The minimum atomic E-state index is -0.282. The van der Waals surface area contributed by atoms with E-state index in [1.54, 1.807) is 22.2 Å². The van der Waals surface area contributed by atoms with E-state index in [2.05, 4.69) is 15.6 Å². The van der Waals surface area contributed by atoms with E-state index in [0.29, 0.717) is 26.1 Å². The van der Waals surface area contributed by atoms with Crippen molar-refractivity contribution in [2.24, 2.45) is 5.92 Å². The van der Waals surface area contributed by atoms with Crippen LogP contribution < -0.4 is 5.32 Å². The number of rotatable bonds is 8. The highest BCUT2D eigenvalue weighted by atomic mass is 32.1. The first-order valence-electron chi connectivity index (χ1n) is 11.3. The quantitative estimate of drug-likeness (QED) is 0.424. The van der Waals surface area contributed by atoms with E-state index < -0.39 is 0 Å². The lowest BCUT2D eigenvalue weighted by Gasteiger charge is -2.18. The summed E-state index contributed by atoms with van der Waals surface area (Å²) in [4.78, 5) is 28.2. The Kier molecular flexibility index (Phi) is 6.49. The Bertz CT molecular complexity index is 1200. The smallest absolute Gasteiger partial charge is 0.273 e. The average molecular weight is 472 g/mol. The summed E-state index contributed by atoms with van der Waals surface area (Å²) in [6.07, 6.45) is 2.13. The zero-order chi connectivity index (χ0) is 23.3. The first-order chi connectivity index (χ1) is 16.7. The molecule has 1 atom stereocenters. The minimum Gasteiger partial charge on any atom is -0.350 e. The van der Waals surface area contributed by atoms with Gasteiger partial charge in [0.05, 0.1) is 12.7 Å². The lowest BCUT2D eigenvalue weighted by Crippen LogP contribution is -2.31. The Morgan fingerprint density at radius 1 is 1.03 bits per heavy atom. The first-order valence-corrected chi connectivity index (χ1v) is 12.2. The van der Waals surface area contributed by atoms with Crippen molar-refractivity contribution in [1.29, 1.82) is 0 Å². The van der Waals surface area contributed by atoms with E-state index in [0.717, 1.165) is 11.1 Å². The maximum absolute atomic E-state index is 12.8. The van der Waals surface area contributed by atoms with Crippen molar-refractivity contribution in [2.45, 2.75) is 19.0 Å². The van der Waals surface area contributed by atoms with Gasteiger partial charge in [0.1, 0.15) is 6.04 Å². The van der Waals surface area contributed by atoms with Gasteiger partial charge in [0.2, 0.25) is 5.91 Å². The monoisotopic (exact) mass is 471 g/mol. The van der Waals surface area contributed by atoms with Crippen molar-refractivity contribution in [1.82, 2.24) is 25.2 Å². The van der Waals surface area contributed by atoms with Gasteiger partial charge in [-0.1, -0.05) is 71.9 Å². The van der Waals surface area contributed by atoms with E-state index in [-0.39, 0.29) is 29.5 Å². The topological polar surface area (TPSA) is 80.1 Å². The SMILES string of the molecule is O=C(NCC1CC(=O)N(Cc2cccs2)C1)c1cn(C(c2ccccc2)c2ccccc2)nn1. The van der Waals surface area contributed by atoms with Crippen LogP contribution in [0, 0.1) is 5.92 Å². The second-order valence-corrected chi connectivity index (χ2v) is 9.47. The molecule has 1 aliphatic rings. The van der Waals surface area contributed by atoms with Crippen molar-refractivity contribution in [2.75, 3.05) is 13.1 Å². The molecule has 5 rings (SSSR count). The normalized spacial score (nSPS) is 15.7. The van der Waals surface area contributed by atoms with Crippen molar-refractivity contribution < 1.29 is 9.59 Å². The number of nitrogens with one attached hydrogen (secondary N) is 1. The molecule has 1 saturated heterocycles. The Morgan fingerprint density at radius 3 is 2.38 bits per heavy atom. The van der Waals surface area contributed by atoms with Crippen molar-refractivity contribution >= 4 is 23.2 Å². The fourth-order valence-electron chi connectivity index (χ4n) is 4.34. The molecule has 3 heterocycles. The molecule has 1 N–H and O–H groups in total. The van der Waals surface area contributed by atoms with Crippen LogP contribution in [0.15, 0.2) is 84.4 Å². The van der Waals surface area contributed by atoms with Crippen LogP contribution in [-0.4, -0.2) is 44.8 Å². The Balaban J connectivity index is 1.24. The average Bonchev–Trinajstić information content (AvgIpc) is 3.62. The van der Waals surface area contributed by atoms with Crippen molar-refractivity contribution in [3.63, 3.8) is 0 Å². The predicted molar refractivity (Wildman–Crippen MR) is 130 cm³/mol.